The molecule has 0 fully saturated rings. The molecule has 1 aromatic rings. The Kier molecular flexibility index (Phi) is 5.32. The number of nitrogens with one attached hydrogen (secondary N) is 1. The van der Waals surface area contributed by atoms with E-state index in [9.17, 15) is 9.18 Å². The molecule has 0 aliphatic heterocycles. The molecule has 0 saturated carbocycles. The number of anilines is 1. The van der Waals surface area contributed by atoms with Crippen molar-refractivity contribution in [1.82, 2.24) is 0 Å². The predicted molar refractivity (Wildman–Crippen MR) is 75.2 cm³/mol. The molecule has 3 N–H and O–H groups in total. The number of carbonyl (C=O) groups is 1. The molecule has 0 heterocycles. The van der Waals surface area contributed by atoms with E-state index in [0.717, 1.165) is 6.42 Å². The number of amides is 1. The van der Waals surface area contributed by atoms with Crippen molar-refractivity contribution in [1.29, 1.82) is 0 Å². The molecule has 0 aromatic heterocycles. The molecule has 0 unspecified atom stereocenters. The van der Waals surface area contributed by atoms with Gasteiger partial charge >= 0.3 is 0 Å². The summed E-state index contributed by atoms with van der Waals surface area (Å²) in [5, 5.41) is 2.65. The number of benzene rings is 1. The highest BCUT2D eigenvalue weighted by Crippen LogP contribution is 2.21. The SMILES string of the molecule is CC[C@H](C)[C@H](N)C(=O)Nc1cccc(F)c1I. The first-order valence-corrected chi connectivity index (χ1v) is 6.55. The number of hydrogen-bond donors (Lipinski definition) is 2. The summed E-state index contributed by atoms with van der Waals surface area (Å²) in [6, 6.07) is 4.00. The van der Waals surface area contributed by atoms with Crippen molar-refractivity contribution in [2.24, 2.45) is 11.7 Å². The smallest absolute Gasteiger partial charge is 0.241 e. The van der Waals surface area contributed by atoms with Crippen LogP contribution in [0.2, 0.25) is 0 Å². The third-order valence-corrected chi connectivity index (χ3v) is 3.87. The van der Waals surface area contributed by atoms with Gasteiger partial charge in [0.1, 0.15) is 5.82 Å². The Morgan fingerprint density at radius 3 is 2.82 bits per heavy atom. The van der Waals surface area contributed by atoms with Gasteiger partial charge in [0.15, 0.2) is 0 Å². The minimum absolute atomic E-state index is 0.0984. The molecule has 5 heteroatoms. The highest BCUT2D eigenvalue weighted by atomic mass is 127. The van der Waals surface area contributed by atoms with E-state index in [4.69, 9.17) is 5.73 Å². The third-order valence-electron chi connectivity index (χ3n) is 2.77. The Morgan fingerprint density at radius 1 is 1.59 bits per heavy atom. The van der Waals surface area contributed by atoms with E-state index in [0.29, 0.717) is 9.26 Å². The number of halogens is 2. The van der Waals surface area contributed by atoms with Crippen LogP contribution in [0.3, 0.4) is 0 Å². The molecule has 17 heavy (non-hydrogen) atoms. The lowest BCUT2D eigenvalue weighted by atomic mass is 9.99. The van der Waals surface area contributed by atoms with Crippen LogP contribution in [0.25, 0.3) is 0 Å². The zero-order valence-electron chi connectivity index (χ0n) is 9.84. The molecule has 2 atom stereocenters. The molecule has 0 bridgehead atoms. The summed E-state index contributed by atoms with van der Waals surface area (Å²) >= 11 is 1.86. The van der Waals surface area contributed by atoms with Crippen molar-refractivity contribution in [2.45, 2.75) is 26.3 Å². The van der Waals surface area contributed by atoms with Crippen molar-refractivity contribution in [3.8, 4) is 0 Å². The van der Waals surface area contributed by atoms with E-state index in [1.54, 1.807) is 12.1 Å². The minimum atomic E-state index is -0.570. The van der Waals surface area contributed by atoms with E-state index in [2.05, 4.69) is 5.32 Å². The van der Waals surface area contributed by atoms with E-state index in [-0.39, 0.29) is 17.6 Å². The predicted octanol–water partition coefficient (Wildman–Crippen LogP) is 2.74. The largest absolute Gasteiger partial charge is 0.324 e. The van der Waals surface area contributed by atoms with Crippen molar-refractivity contribution in [3.63, 3.8) is 0 Å². The summed E-state index contributed by atoms with van der Waals surface area (Å²) in [4.78, 5) is 11.8. The lowest BCUT2D eigenvalue weighted by molar-refractivity contribution is -0.118. The molecular formula is C12H16FIN2O. The summed E-state index contributed by atoms with van der Waals surface area (Å²) in [7, 11) is 0. The quantitative estimate of drug-likeness (QED) is 0.821. The Hall–Kier alpha value is -0.690. The normalized spacial score (nSPS) is 14.2. The average Bonchev–Trinajstić information content (AvgIpc) is 2.32. The first kappa shape index (κ1) is 14.4. The maximum Gasteiger partial charge on any atom is 0.241 e. The molecule has 3 nitrogen and oxygen atoms in total. The van der Waals surface area contributed by atoms with Gasteiger partial charge in [0, 0.05) is 0 Å². The van der Waals surface area contributed by atoms with Gasteiger partial charge < -0.3 is 11.1 Å². The standard InChI is InChI=1S/C12H16FIN2O/c1-3-7(2)11(15)12(17)16-9-6-4-5-8(13)10(9)14/h4-7,11H,3,15H2,1-2H3,(H,16,17)/t7-,11-/m0/s1. The van der Waals surface area contributed by atoms with Crippen LogP contribution in [0.4, 0.5) is 10.1 Å². The molecular weight excluding hydrogens is 334 g/mol. The van der Waals surface area contributed by atoms with Gasteiger partial charge in [-0.15, -0.1) is 0 Å². The summed E-state index contributed by atoms with van der Waals surface area (Å²) in [6.07, 6.45) is 0.828. The van der Waals surface area contributed by atoms with Crippen LogP contribution < -0.4 is 11.1 Å². The third kappa shape index (κ3) is 3.64. The van der Waals surface area contributed by atoms with Crippen LogP contribution in [0.15, 0.2) is 18.2 Å². The van der Waals surface area contributed by atoms with Crippen LogP contribution in [-0.4, -0.2) is 11.9 Å². The highest BCUT2D eigenvalue weighted by molar-refractivity contribution is 14.1. The molecule has 94 valence electrons. The van der Waals surface area contributed by atoms with Crippen molar-refractivity contribution in [2.75, 3.05) is 5.32 Å². The maximum absolute atomic E-state index is 13.3. The zero-order valence-corrected chi connectivity index (χ0v) is 12.0. The fourth-order valence-electron chi connectivity index (χ4n) is 1.33. The van der Waals surface area contributed by atoms with Crippen LogP contribution >= 0.6 is 22.6 Å². The molecule has 0 aliphatic carbocycles. The fraction of sp³-hybridized carbons (Fsp3) is 0.417. The van der Waals surface area contributed by atoms with Crippen molar-refractivity contribution in [3.05, 3.63) is 27.6 Å². The number of rotatable bonds is 4. The van der Waals surface area contributed by atoms with Gasteiger partial charge in [0.05, 0.1) is 15.3 Å². The van der Waals surface area contributed by atoms with Gasteiger partial charge in [-0.1, -0.05) is 26.3 Å². The van der Waals surface area contributed by atoms with Crippen LogP contribution in [0, 0.1) is 15.3 Å². The molecule has 0 saturated heterocycles. The maximum atomic E-state index is 13.3. The van der Waals surface area contributed by atoms with Crippen molar-refractivity contribution < 1.29 is 9.18 Å². The molecule has 0 aliphatic rings. The second-order valence-electron chi connectivity index (χ2n) is 4.00. The molecule has 0 spiro atoms. The highest BCUT2D eigenvalue weighted by Gasteiger charge is 2.20. The molecule has 1 aromatic carbocycles. The number of nitrogens with two attached hydrogens (primary N) is 1. The topological polar surface area (TPSA) is 55.1 Å². The average molecular weight is 350 g/mol. The van der Waals surface area contributed by atoms with Crippen LogP contribution in [0.1, 0.15) is 20.3 Å². The second-order valence-corrected chi connectivity index (χ2v) is 5.08. The van der Waals surface area contributed by atoms with E-state index < -0.39 is 6.04 Å². The minimum Gasteiger partial charge on any atom is -0.324 e. The van der Waals surface area contributed by atoms with Gasteiger partial charge in [-0.25, -0.2) is 4.39 Å². The van der Waals surface area contributed by atoms with Gasteiger partial charge in [-0.3, -0.25) is 4.79 Å². The summed E-state index contributed by atoms with van der Waals surface area (Å²) in [5.74, 6) is -0.524. The zero-order chi connectivity index (χ0) is 13.0. The Balaban J connectivity index is 2.78. The first-order valence-electron chi connectivity index (χ1n) is 5.47. The van der Waals surface area contributed by atoms with Gasteiger partial charge in [0.25, 0.3) is 0 Å². The summed E-state index contributed by atoms with van der Waals surface area (Å²) < 4.78 is 13.7. The Labute approximate surface area is 114 Å². The van der Waals surface area contributed by atoms with E-state index in [1.165, 1.54) is 6.07 Å². The second kappa shape index (κ2) is 6.30. The van der Waals surface area contributed by atoms with Gasteiger partial charge in [0.2, 0.25) is 5.91 Å². The Morgan fingerprint density at radius 2 is 2.24 bits per heavy atom. The van der Waals surface area contributed by atoms with Crippen molar-refractivity contribution >= 4 is 34.2 Å². The number of carbonyl (C=O) groups excluding carboxylic acids is 1. The summed E-state index contributed by atoms with van der Waals surface area (Å²) in [5.41, 5.74) is 6.27. The lowest BCUT2D eigenvalue weighted by Gasteiger charge is -2.18. The van der Waals surface area contributed by atoms with E-state index >= 15 is 0 Å². The molecule has 1 amide bonds. The molecule has 1 rings (SSSR count). The van der Waals surface area contributed by atoms with Gasteiger partial charge in [-0.2, -0.15) is 0 Å². The Bertz CT molecular complexity index is 411. The van der Waals surface area contributed by atoms with Crippen LogP contribution in [-0.2, 0) is 4.79 Å². The first-order chi connectivity index (χ1) is 7.97. The monoisotopic (exact) mass is 350 g/mol. The lowest BCUT2D eigenvalue weighted by Crippen LogP contribution is -2.40. The van der Waals surface area contributed by atoms with Gasteiger partial charge in [-0.05, 0) is 40.6 Å². The summed E-state index contributed by atoms with van der Waals surface area (Å²) in [6.45, 7) is 3.89. The number of hydrogen-bond acceptors (Lipinski definition) is 2. The molecule has 0 radical (unpaired) electrons. The van der Waals surface area contributed by atoms with Crippen LogP contribution in [0.5, 0.6) is 0 Å². The van der Waals surface area contributed by atoms with E-state index in [1.807, 2.05) is 36.4 Å². The fourth-order valence-corrected chi connectivity index (χ4v) is 1.82.